The minimum absolute atomic E-state index is 0. The molecule has 38 nitrogen and oxygen atoms in total. The fourth-order valence-electron chi connectivity index (χ4n) is 13.1. The molecule has 0 fully saturated rings. The normalized spacial score (nSPS) is 13.5. The molecular formula is C98H142KLiN5Na3O33S5. The van der Waals surface area contributed by atoms with Crippen LogP contribution in [0.1, 0.15) is 102 Å². The zero-order valence-corrected chi connectivity index (χ0v) is 98.5. The molecule has 146 heavy (non-hydrogen) atoms. The number of unbranched alkanes of at least 4 members (excludes halogenated alkanes) is 4. The SMILES string of the molecule is CCCCOCC(O)CN(CCS(=O)(=O)[O-])CC(O)COCCCC.CCCCOCC(O)CN(CCS(=O)(=O)[O-])CC(O)COCCCC.O=S(=O)([O-])CCN(CC(O)c1ccccc1)CC(O)c1ccccc1.O=S(=O)([O-])c1cccc(N(CC(O)COc2ccccc2)CC(O)COc2ccccc2)c1.O=S(=O)([O-])c1cccc(N(CC(O)COc2ccccc2)CC(O)COc2ccccc2)c1.[K+].[Li+].[Na+].[Na+].[Na+]. The minimum atomic E-state index is -4.66. The molecule has 0 bridgehead atoms. The van der Waals surface area contributed by atoms with Gasteiger partial charge in [-0.2, -0.15) is 0 Å². The molecule has 0 aliphatic heterocycles. The molecule has 48 heteroatoms. The van der Waals surface area contributed by atoms with Gasteiger partial charge in [-0.15, -0.1) is 0 Å². The Bertz CT molecular complexity index is 4750. The Labute approximate surface area is 983 Å². The van der Waals surface area contributed by atoms with E-state index in [0.29, 0.717) is 71.9 Å². The first-order valence-corrected chi connectivity index (χ1v) is 54.1. The van der Waals surface area contributed by atoms with Gasteiger partial charge >= 0.3 is 159 Å². The van der Waals surface area contributed by atoms with Crippen molar-refractivity contribution in [2.24, 2.45) is 0 Å². The molecule has 792 valence electrons. The van der Waals surface area contributed by atoms with Crippen LogP contribution in [0.15, 0.2) is 240 Å². The van der Waals surface area contributed by atoms with Crippen LogP contribution in [-0.2, 0) is 69.5 Å². The van der Waals surface area contributed by atoms with Gasteiger partial charge in [0.25, 0.3) is 0 Å². The average molecular weight is 2190 g/mol. The number of aliphatic hydroxyl groups excluding tert-OH is 10. The number of hydrogen-bond donors (Lipinski definition) is 10. The molecule has 0 radical (unpaired) electrons. The summed E-state index contributed by atoms with van der Waals surface area (Å²) in [4.78, 5) is 7.09. The van der Waals surface area contributed by atoms with Crippen LogP contribution < -0.4 is 188 Å². The summed E-state index contributed by atoms with van der Waals surface area (Å²) in [5.41, 5.74) is 2.10. The van der Waals surface area contributed by atoms with E-state index in [0.717, 1.165) is 51.4 Å². The van der Waals surface area contributed by atoms with Crippen molar-refractivity contribution in [2.45, 2.75) is 150 Å². The van der Waals surface area contributed by atoms with Crippen molar-refractivity contribution in [1.29, 1.82) is 0 Å². The molecule has 0 aliphatic carbocycles. The minimum Gasteiger partial charge on any atom is -0.748 e. The van der Waals surface area contributed by atoms with E-state index in [4.69, 9.17) is 37.9 Å². The first-order valence-electron chi connectivity index (χ1n) is 46.6. The van der Waals surface area contributed by atoms with Crippen molar-refractivity contribution >= 4 is 62.0 Å². The third kappa shape index (κ3) is 72.4. The van der Waals surface area contributed by atoms with Crippen molar-refractivity contribution in [3.05, 3.63) is 242 Å². The first kappa shape index (κ1) is 145. The molecule has 8 rings (SSSR count). The van der Waals surface area contributed by atoms with Gasteiger partial charge in [0.05, 0.1) is 120 Å². The van der Waals surface area contributed by atoms with Gasteiger partial charge in [0.15, 0.2) is 0 Å². The molecule has 0 saturated carbocycles. The third-order valence-electron chi connectivity index (χ3n) is 20.3. The number of aliphatic hydroxyl groups is 10. The van der Waals surface area contributed by atoms with Crippen LogP contribution in [0.25, 0.3) is 0 Å². The first-order chi connectivity index (χ1) is 67.0. The van der Waals surface area contributed by atoms with Crippen molar-refractivity contribution in [3.8, 4) is 23.0 Å². The summed E-state index contributed by atoms with van der Waals surface area (Å²) in [6, 6.07) is 64.8. The third-order valence-corrected chi connectivity index (χ3v) is 24.0. The smallest absolute Gasteiger partial charge is 0.748 e. The number of para-hydroxylation sites is 4. The molecular weight excluding hydrogens is 2050 g/mol. The van der Waals surface area contributed by atoms with E-state index >= 15 is 0 Å². The van der Waals surface area contributed by atoms with Crippen LogP contribution in [0, 0.1) is 0 Å². The topological polar surface area (TPSA) is 578 Å². The van der Waals surface area contributed by atoms with E-state index in [1.807, 2.05) is 113 Å². The summed E-state index contributed by atoms with van der Waals surface area (Å²) in [7, 11) is -22.4. The molecule has 0 saturated heterocycles. The van der Waals surface area contributed by atoms with Gasteiger partial charge in [-0.25, -0.2) is 42.1 Å². The molecule has 0 aliphatic rings. The molecule has 10 atom stereocenters. The Kier molecular flexibility index (Phi) is 82.4. The summed E-state index contributed by atoms with van der Waals surface area (Å²) >= 11 is 0. The van der Waals surface area contributed by atoms with Crippen molar-refractivity contribution in [3.63, 3.8) is 0 Å². The van der Waals surface area contributed by atoms with Crippen LogP contribution in [0.3, 0.4) is 0 Å². The van der Waals surface area contributed by atoms with Gasteiger partial charge in [-0.1, -0.05) is 199 Å². The summed E-state index contributed by atoms with van der Waals surface area (Å²) in [6.45, 7) is 11.4. The van der Waals surface area contributed by atoms with E-state index in [-0.39, 0.29) is 297 Å². The molecule has 0 aromatic heterocycles. The van der Waals surface area contributed by atoms with Crippen molar-refractivity contribution < 1.29 is 313 Å². The molecule has 10 unspecified atom stereocenters. The van der Waals surface area contributed by atoms with Crippen LogP contribution in [0.2, 0.25) is 0 Å². The van der Waals surface area contributed by atoms with Crippen LogP contribution in [0.4, 0.5) is 11.4 Å². The Balaban J connectivity index is 0. The van der Waals surface area contributed by atoms with Gasteiger partial charge < -0.3 is 122 Å². The summed E-state index contributed by atoms with van der Waals surface area (Å²) < 4.78 is 210. The van der Waals surface area contributed by atoms with Gasteiger partial charge in [0.2, 0.25) is 0 Å². The van der Waals surface area contributed by atoms with Gasteiger partial charge in [0.1, 0.15) is 94.1 Å². The number of rotatable bonds is 67. The standard InChI is InChI=1S/2C24H27NO7S.C18H23NO5S.2C16H35NO7S.K.Li.3Na/c2*26-20(17-31-22-9-3-1-4-10-22)15-25(19-8-7-13-24(14-19)33(28,29)30)16-21(27)18-32-23-11-5-2-6-12-23;20-17(15-7-3-1-4-8-15)13-19(11-12-25(22,23)24)14-18(21)16-9-5-2-6-10-16;2*1-3-5-8-23-13-15(18)11-17(7-10-25(20,21)22)12-16(19)14-24-9-6-4-2;;;;;/h2*1-14,20-21,26-27H,15-18H2,(H,28,29,30);1-10,17-18,20-21H,11-14H2,(H,22,23,24);2*15-16,18-19H,3-14H2,1-2H3,(H,20,21,22);;;;;/q;;;;;5*+1/p-5. The van der Waals surface area contributed by atoms with Gasteiger partial charge in [-0.3, -0.25) is 14.7 Å². The van der Waals surface area contributed by atoms with Crippen LogP contribution in [0.5, 0.6) is 23.0 Å². The van der Waals surface area contributed by atoms with E-state index in [1.165, 1.54) is 36.4 Å². The quantitative estimate of drug-likeness (QED) is 0.00961. The van der Waals surface area contributed by atoms with Crippen molar-refractivity contribution in [1.82, 2.24) is 14.7 Å². The summed E-state index contributed by atoms with van der Waals surface area (Å²) in [5.74, 6) is 0.672. The number of hydrogen-bond acceptors (Lipinski definition) is 38. The Morgan fingerprint density at radius 3 is 0.685 bits per heavy atom. The molecule has 0 heterocycles. The van der Waals surface area contributed by atoms with E-state index in [1.54, 1.807) is 134 Å². The molecule has 0 amide bonds. The largest absolute Gasteiger partial charge is 1.00 e. The second-order valence-corrected chi connectivity index (χ2v) is 40.4. The van der Waals surface area contributed by atoms with Crippen LogP contribution >= 0.6 is 0 Å². The maximum atomic E-state index is 11.5. The number of benzene rings is 8. The zero-order chi connectivity index (χ0) is 104. The molecule has 10 N–H and O–H groups in total. The molecule has 8 aromatic carbocycles. The number of ether oxygens (including phenoxy) is 8. The zero-order valence-electron chi connectivity index (χ0n) is 85.3. The van der Waals surface area contributed by atoms with E-state index < -0.39 is 139 Å². The average Bonchev–Trinajstić information content (AvgIpc) is 0.837. The monoisotopic (exact) mass is 2190 g/mol. The van der Waals surface area contributed by atoms with E-state index in [2.05, 4.69) is 0 Å². The Morgan fingerprint density at radius 2 is 0.479 bits per heavy atom. The maximum Gasteiger partial charge on any atom is 1.00 e. The second kappa shape index (κ2) is 83.1. The summed E-state index contributed by atoms with van der Waals surface area (Å²) in [6.07, 6.45) is -1.23. The maximum absolute atomic E-state index is 11.5. The van der Waals surface area contributed by atoms with Crippen LogP contribution in [-0.4, -0.2) is 361 Å². The molecule has 0 spiro atoms. The Hall–Kier alpha value is -3.34. The van der Waals surface area contributed by atoms with Gasteiger partial charge in [-0.05, 0) is 122 Å². The van der Waals surface area contributed by atoms with E-state index in [9.17, 15) is 116 Å². The number of anilines is 2. The summed E-state index contributed by atoms with van der Waals surface area (Å²) in [5, 5.41) is 103. The second-order valence-electron chi connectivity index (χ2n) is 33.1. The predicted molar refractivity (Wildman–Crippen MR) is 528 cm³/mol. The van der Waals surface area contributed by atoms with Crippen molar-refractivity contribution in [2.75, 3.05) is 191 Å². The Morgan fingerprint density at radius 1 is 0.274 bits per heavy atom. The van der Waals surface area contributed by atoms with Gasteiger partial charge in [0, 0.05) is 123 Å². The predicted octanol–water partition coefficient (Wildman–Crippen LogP) is -8.75. The molecule has 8 aromatic rings. The number of nitrogens with zero attached hydrogens (tertiary/aromatic N) is 5. The fraction of sp³-hybridized carbons (Fsp3) is 0.510. The fourth-order valence-corrected chi connectivity index (χ4v) is 15.6.